The first-order valence-corrected chi connectivity index (χ1v) is 6.48. The Morgan fingerprint density at radius 2 is 2.05 bits per heavy atom. The first-order chi connectivity index (χ1) is 9.09. The fraction of sp³-hybridized carbons (Fsp3) is 0.429. The summed E-state index contributed by atoms with van der Waals surface area (Å²) >= 11 is 0. The van der Waals surface area contributed by atoms with Gasteiger partial charge >= 0.3 is 0 Å². The number of likely N-dealkylation sites (tertiary alicyclic amines) is 1. The van der Waals surface area contributed by atoms with Crippen molar-refractivity contribution in [1.29, 1.82) is 0 Å². The van der Waals surface area contributed by atoms with E-state index in [1.54, 1.807) is 29.2 Å². The molecule has 1 aliphatic rings. The summed E-state index contributed by atoms with van der Waals surface area (Å²) in [6.07, 6.45) is 0.819. The van der Waals surface area contributed by atoms with Gasteiger partial charge < -0.3 is 16.0 Å². The molecule has 3 N–H and O–H groups in total. The van der Waals surface area contributed by atoms with Gasteiger partial charge in [-0.2, -0.15) is 0 Å². The Morgan fingerprint density at radius 3 is 2.63 bits per heavy atom. The molecule has 0 spiro atoms. The molecular formula is C14H19N3O2. The highest BCUT2D eigenvalue weighted by Crippen LogP contribution is 2.15. The average molecular weight is 261 g/mol. The molecule has 2 unspecified atom stereocenters. The third-order valence-corrected chi connectivity index (χ3v) is 3.57. The molecule has 1 aliphatic heterocycles. The number of amides is 2. The van der Waals surface area contributed by atoms with Gasteiger partial charge in [-0.3, -0.25) is 9.59 Å². The molecule has 1 heterocycles. The predicted molar refractivity (Wildman–Crippen MR) is 72.5 cm³/mol. The Morgan fingerprint density at radius 1 is 1.37 bits per heavy atom. The van der Waals surface area contributed by atoms with Gasteiger partial charge in [0.25, 0.3) is 5.91 Å². The summed E-state index contributed by atoms with van der Waals surface area (Å²) in [6, 6.07) is 8.93. The molecule has 0 aliphatic carbocycles. The standard InChI is InChI=1S/C14H19N3O2/c1-10-12(15)7-8-17(10)13(18)9-16-14(19)11-5-3-2-4-6-11/h2-6,10,12H,7-9,15H2,1H3,(H,16,19). The highest BCUT2D eigenvalue weighted by molar-refractivity contribution is 5.96. The second-order valence-corrected chi connectivity index (χ2v) is 4.83. The number of nitrogens with zero attached hydrogens (tertiary/aromatic N) is 1. The van der Waals surface area contributed by atoms with Crippen molar-refractivity contribution in [3.63, 3.8) is 0 Å². The fourth-order valence-electron chi connectivity index (χ4n) is 2.26. The van der Waals surface area contributed by atoms with E-state index in [0.29, 0.717) is 12.1 Å². The Hall–Kier alpha value is -1.88. The molecule has 1 fully saturated rings. The molecule has 2 atom stereocenters. The molecule has 19 heavy (non-hydrogen) atoms. The van der Waals surface area contributed by atoms with Gasteiger partial charge in [0.1, 0.15) is 0 Å². The predicted octanol–water partition coefficient (Wildman–Crippen LogP) is 0.365. The minimum absolute atomic E-state index is 0.0186. The summed E-state index contributed by atoms with van der Waals surface area (Å²) in [7, 11) is 0. The van der Waals surface area contributed by atoms with E-state index in [2.05, 4.69) is 5.32 Å². The number of nitrogens with two attached hydrogens (primary N) is 1. The van der Waals surface area contributed by atoms with Crippen LogP contribution >= 0.6 is 0 Å². The summed E-state index contributed by atoms with van der Waals surface area (Å²) in [5.41, 5.74) is 6.43. The molecule has 102 valence electrons. The van der Waals surface area contributed by atoms with Crippen molar-refractivity contribution in [1.82, 2.24) is 10.2 Å². The summed E-state index contributed by atoms with van der Waals surface area (Å²) in [4.78, 5) is 25.5. The van der Waals surface area contributed by atoms with Crippen LogP contribution in [0.3, 0.4) is 0 Å². The molecular weight excluding hydrogens is 242 g/mol. The van der Waals surface area contributed by atoms with Crippen molar-refractivity contribution in [2.45, 2.75) is 25.4 Å². The van der Waals surface area contributed by atoms with Gasteiger partial charge in [-0.15, -0.1) is 0 Å². The number of benzene rings is 1. The zero-order valence-corrected chi connectivity index (χ0v) is 11.0. The number of carbonyl (C=O) groups is 2. The topological polar surface area (TPSA) is 75.4 Å². The molecule has 1 aromatic carbocycles. The minimum Gasteiger partial charge on any atom is -0.343 e. The van der Waals surface area contributed by atoms with Gasteiger partial charge in [-0.1, -0.05) is 18.2 Å². The number of hydrogen-bond acceptors (Lipinski definition) is 3. The molecule has 1 saturated heterocycles. The highest BCUT2D eigenvalue weighted by atomic mass is 16.2. The highest BCUT2D eigenvalue weighted by Gasteiger charge is 2.31. The zero-order valence-electron chi connectivity index (χ0n) is 11.0. The quantitative estimate of drug-likeness (QED) is 0.825. The van der Waals surface area contributed by atoms with Crippen LogP contribution in [0, 0.1) is 0 Å². The lowest BCUT2D eigenvalue weighted by atomic mass is 10.2. The number of hydrogen-bond donors (Lipinski definition) is 2. The van der Waals surface area contributed by atoms with Crippen molar-refractivity contribution in [2.75, 3.05) is 13.1 Å². The lowest BCUT2D eigenvalue weighted by Gasteiger charge is -2.23. The minimum atomic E-state index is -0.231. The van der Waals surface area contributed by atoms with E-state index in [9.17, 15) is 9.59 Å². The Balaban J connectivity index is 1.86. The first-order valence-electron chi connectivity index (χ1n) is 6.48. The summed E-state index contributed by atoms with van der Waals surface area (Å²) in [5, 5.41) is 2.64. The third kappa shape index (κ3) is 3.12. The van der Waals surface area contributed by atoms with Gasteiger partial charge in [0.15, 0.2) is 0 Å². The van der Waals surface area contributed by atoms with Crippen LogP contribution in [0.5, 0.6) is 0 Å². The van der Waals surface area contributed by atoms with E-state index < -0.39 is 0 Å². The Labute approximate surface area is 112 Å². The van der Waals surface area contributed by atoms with Crippen molar-refractivity contribution >= 4 is 11.8 Å². The van der Waals surface area contributed by atoms with Gasteiger partial charge in [0.2, 0.25) is 5.91 Å². The van der Waals surface area contributed by atoms with Gasteiger partial charge in [0.05, 0.1) is 6.54 Å². The van der Waals surface area contributed by atoms with Crippen molar-refractivity contribution in [2.24, 2.45) is 5.73 Å². The number of rotatable bonds is 3. The Kier molecular flexibility index (Phi) is 4.16. The van der Waals surface area contributed by atoms with Crippen LogP contribution in [0.1, 0.15) is 23.7 Å². The fourth-order valence-corrected chi connectivity index (χ4v) is 2.26. The van der Waals surface area contributed by atoms with Crippen LogP contribution in [-0.4, -0.2) is 41.9 Å². The SMILES string of the molecule is CC1C(N)CCN1C(=O)CNC(=O)c1ccccc1. The normalized spacial score (nSPS) is 22.3. The average Bonchev–Trinajstić information content (AvgIpc) is 2.77. The molecule has 2 rings (SSSR count). The Bertz CT molecular complexity index is 461. The van der Waals surface area contributed by atoms with Crippen LogP contribution in [-0.2, 0) is 4.79 Å². The maximum Gasteiger partial charge on any atom is 0.251 e. The lowest BCUT2D eigenvalue weighted by molar-refractivity contribution is -0.130. The van der Waals surface area contributed by atoms with E-state index in [4.69, 9.17) is 5.73 Å². The van der Waals surface area contributed by atoms with Crippen molar-refractivity contribution in [3.05, 3.63) is 35.9 Å². The first kappa shape index (κ1) is 13.5. The molecule has 1 aromatic rings. The van der Waals surface area contributed by atoms with E-state index >= 15 is 0 Å². The largest absolute Gasteiger partial charge is 0.343 e. The maximum atomic E-state index is 12.0. The smallest absolute Gasteiger partial charge is 0.251 e. The third-order valence-electron chi connectivity index (χ3n) is 3.57. The van der Waals surface area contributed by atoms with Crippen LogP contribution < -0.4 is 11.1 Å². The van der Waals surface area contributed by atoms with E-state index in [-0.39, 0.29) is 30.4 Å². The molecule has 0 bridgehead atoms. The summed E-state index contributed by atoms with van der Waals surface area (Å²) in [5.74, 6) is -0.310. The number of carbonyl (C=O) groups excluding carboxylic acids is 2. The number of nitrogens with one attached hydrogen (secondary N) is 1. The molecule has 0 aromatic heterocycles. The van der Waals surface area contributed by atoms with Gasteiger partial charge in [-0.05, 0) is 25.5 Å². The molecule has 2 amide bonds. The van der Waals surface area contributed by atoms with E-state index in [1.165, 1.54) is 0 Å². The van der Waals surface area contributed by atoms with E-state index in [0.717, 1.165) is 6.42 Å². The summed E-state index contributed by atoms with van der Waals surface area (Å²) in [6.45, 7) is 2.63. The monoisotopic (exact) mass is 261 g/mol. The van der Waals surface area contributed by atoms with E-state index in [1.807, 2.05) is 13.0 Å². The second-order valence-electron chi connectivity index (χ2n) is 4.83. The van der Waals surface area contributed by atoms with Crippen LogP contribution in [0.25, 0.3) is 0 Å². The second kappa shape index (κ2) is 5.84. The van der Waals surface area contributed by atoms with Crippen LogP contribution in [0.15, 0.2) is 30.3 Å². The van der Waals surface area contributed by atoms with Crippen LogP contribution in [0.2, 0.25) is 0 Å². The van der Waals surface area contributed by atoms with Crippen molar-refractivity contribution < 1.29 is 9.59 Å². The van der Waals surface area contributed by atoms with Gasteiger partial charge in [0, 0.05) is 24.2 Å². The molecule has 0 radical (unpaired) electrons. The van der Waals surface area contributed by atoms with Crippen LogP contribution in [0.4, 0.5) is 0 Å². The van der Waals surface area contributed by atoms with Crippen molar-refractivity contribution in [3.8, 4) is 0 Å². The summed E-state index contributed by atoms with van der Waals surface area (Å²) < 4.78 is 0. The molecule has 5 nitrogen and oxygen atoms in total. The molecule has 0 saturated carbocycles. The maximum absolute atomic E-state index is 12.0. The van der Waals surface area contributed by atoms with Gasteiger partial charge in [-0.25, -0.2) is 0 Å². The lowest BCUT2D eigenvalue weighted by Crippen LogP contribution is -2.45. The molecule has 5 heteroatoms. The zero-order chi connectivity index (χ0) is 13.8.